The predicted molar refractivity (Wildman–Crippen MR) is 153 cm³/mol. The molecular weight excluding hydrogens is 636 g/mol. The fourth-order valence-corrected chi connectivity index (χ4v) is 5.73. The Kier molecular flexibility index (Phi) is 7.61. The lowest BCUT2D eigenvalue weighted by molar-refractivity contribution is -0.140. The lowest BCUT2D eigenvalue weighted by atomic mass is 9.81. The molecule has 0 saturated heterocycles. The molecule has 2 amide bonds. The van der Waals surface area contributed by atoms with E-state index in [2.05, 4.69) is 15.4 Å². The first-order valence-electron chi connectivity index (χ1n) is 14.3. The standard InChI is InChI=1S/C31H27F6N5O5/c1-29(27(38)44)13-47-25-19(29)10-22(40-24(25)14-3-6-20(32)18(8-14)31(35,36)37)30(45,17-4-5-17)12-39-26(43)15-7-16-11-42(28(33)34)41-23(16)21(9-15)46-2/h3,6-11,17,28,45H,4-5,12-13H2,1-2H3,(H2,38,44)(H,39,43)/t29-,30?/m0/s1. The van der Waals surface area contributed by atoms with Gasteiger partial charge in [-0.05, 0) is 62.1 Å². The summed E-state index contributed by atoms with van der Waals surface area (Å²) in [7, 11) is 1.28. The number of carbonyl (C=O) groups excluding carboxylic acids is 2. The largest absolute Gasteiger partial charge is 0.494 e. The van der Waals surface area contributed by atoms with E-state index in [0.717, 1.165) is 12.3 Å². The van der Waals surface area contributed by atoms with Crippen LogP contribution in [0.3, 0.4) is 0 Å². The number of nitrogens with two attached hydrogens (primary N) is 1. The van der Waals surface area contributed by atoms with Gasteiger partial charge in [-0.1, -0.05) is 0 Å². The SMILES string of the molecule is COc1cc(C(=O)NCC(O)(c2cc3c(c(-c4ccc(F)c(C(F)(F)F)c4)n2)OC[C@]3(C)C(N)=O)C2CC2)cc2cn(C(F)F)nc12. The molecule has 4 N–H and O–H groups in total. The number of alkyl halides is 5. The van der Waals surface area contributed by atoms with Crippen molar-refractivity contribution in [2.24, 2.45) is 11.7 Å². The van der Waals surface area contributed by atoms with Crippen molar-refractivity contribution in [2.75, 3.05) is 20.3 Å². The minimum absolute atomic E-state index is 0.00427. The van der Waals surface area contributed by atoms with Crippen LogP contribution in [-0.2, 0) is 22.0 Å². The molecule has 2 aromatic heterocycles. The topological polar surface area (TPSA) is 142 Å². The molecule has 2 atom stereocenters. The van der Waals surface area contributed by atoms with Gasteiger partial charge in [-0.2, -0.15) is 27.1 Å². The highest BCUT2D eigenvalue weighted by Gasteiger charge is 2.50. The minimum atomic E-state index is -5.04. The molecule has 0 radical (unpaired) electrons. The zero-order valence-corrected chi connectivity index (χ0v) is 24.8. The number of rotatable bonds is 9. The van der Waals surface area contributed by atoms with Gasteiger partial charge in [0.05, 0.1) is 24.9 Å². The van der Waals surface area contributed by atoms with Gasteiger partial charge in [0.25, 0.3) is 5.91 Å². The summed E-state index contributed by atoms with van der Waals surface area (Å²) in [6, 6.07) is 6.25. The van der Waals surface area contributed by atoms with Crippen LogP contribution in [0.15, 0.2) is 42.6 Å². The van der Waals surface area contributed by atoms with Crippen LogP contribution in [0.5, 0.6) is 11.5 Å². The summed E-state index contributed by atoms with van der Waals surface area (Å²) < 4.78 is 93.0. The van der Waals surface area contributed by atoms with Gasteiger partial charge in [0, 0.05) is 28.3 Å². The lowest BCUT2D eigenvalue weighted by Crippen LogP contribution is -2.44. The van der Waals surface area contributed by atoms with Crippen LogP contribution >= 0.6 is 0 Å². The predicted octanol–water partition coefficient (Wildman–Crippen LogP) is 4.82. The monoisotopic (exact) mass is 663 g/mol. The highest BCUT2D eigenvalue weighted by molar-refractivity contribution is 6.00. The van der Waals surface area contributed by atoms with Crippen LogP contribution in [0.2, 0.25) is 0 Å². The third-order valence-electron chi connectivity index (χ3n) is 8.65. The molecule has 1 saturated carbocycles. The Labute approximate surface area is 262 Å². The average Bonchev–Trinajstić information content (AvgIpc) is 3.70. The smallest absolute Gasteiger partial charge is 0.419 e. The van der Waals surface area contributed by atoms with E-state index in [1.807, 2.05) is 0 Å². The van der Waals surface area contributed by atoms with Crippen LogP contribution < -0.4 is 20.5 Å². The second kappa shape index (κ2) is 11.1. The van der Waals surface area contributed by atoms with Crippen molar-refractivity contribution < 1.29 is 50.5 Å². The van der Waals surface area contributed by atoms with Crippen molar-refractivity contribution in [3.8, 4) is 22.8 Å². The molecule has 16 heteroatoms. The number of benzene rings is 2. The zero-order chi connectivity index (χ0) is 34.1. The van der Waals surface area contributed by atoms with Crippen LogP contribution in [-0.4, -0.2) is 51.9 Å². The first-order chi connectivity index (χ1) is 22.1. The van der Waals surface area contributed by atoms with Gasteiger partial charge >= 0.3 is 12.7 Å². The molecule has 2 aliphatic rings. The molecule has 6 rings (SSSR count). The van der Waals surface area contributed by atoms with E-state index in [0.29, 0.717) is 29.7 Å². The quantitative estimate of drug-likeness (QED) is 0.218. The second-order valence-electron chi connectivity index (χ2n) is 11.8. The zero-order valence-electron chi connectivity index (χ0n) is 24.8. The van der Waals surface area contributed by atoms with Gasteiger partial charge in [-0.3, -0.25) is 9.59 Å². The Bertz CT molecular complexity index is 1930. The van der Waals surface area contributed by atoms with E-state index in [1.54, 1.807) is 0 Å². The van der Waals surface area contributed by atoms with Crippen LogP contribution in [0, 0.1) is 11.7 Å². The van der Waals surface area contributed by atoms with Crippen molar-refractivity contribution in [1.29, 1.82) is 0 Å². The lowest BCUT2D eigenvalue weighted by Gasteiger charge is -2.30. The third kappa shape index (κ3) is 5.49. The Morgan fingerprint density at radius 3 is 2.55 bits per heavy atom. The molecule has 3 heterocycles. The van der Waals surface area contributed by atoms with E-state index in [4.69, 9.17) is 15.2 Å². The van der Waals surface area contributed by atoms with Gasteiger partial charge < -0.3 is 25.6 Å². The molecule has 4 aromatic rings. The van der Waals surface area contributed by atoms with Crippen LogP contribution in [0.4, 0.5) is 26.3 Å². The fourth-order valence-electron chi connectivity index (χ4n) is 5.73. The number of nitrogens with zero attached hydrogens (tertiary/aromatic N) is 3. The molecule has 1 fully saturated rings. The molecule has 1 aliphatic heterocycles. The van der Waals surface area contributed by atoms with Gasteiger partial charge in [0.1, 0.15) is 46.1 Å². The van der Waals surface area contributed by atoms with Gasteiger partial charge in [0.2, 0.25) is 5.91 Å². The minimum Gasteiger partial charge on any atom is -0.494 e. The molecule has 1 aliphatic carbocycles. The van der Waals surface area contributed by atoms with E-state index in [1.165, 1.54) is 32.2 Å². The van der Waals surface area contributed by atoms with Crippen molar-refractivity contribution in [3.63, 3.8) is 0 Å². The van der Waals surface area contributed by atoms with E-state index >= 15 is 0 Å². The third-order valence-corrected chi connectivity index (χ3v) is 8.65. The maximum atomic E-state index is 14.2. The fraction of sp³-hybridized carbons (Fsp3) is 0.355. The molecule has 47 heavy (non-hydrogen) atoms. The number of pyridine rings is 1. The summed E-state index contributed by atoms with van der Waals surface area (Å²) in [6.07, 6.45) is -2.98. The normalized spacial score (nSPS) is 18.9. The molecular formula is C31H27F6N5O5. The first-order valence-corrected chi connectivity index (χ1v) is 14.3. The molecule has 1 unspecified atom stereocenters. The van der Waals surface area contributed by atoms with Crippen LogP contribution in [0.1, 0.15) is 53.5 Å². The first kappa shape index (κ1) is 32.1. The van der Waals surface area contributed by atoms with E-state index in [-0.39, 0.29) is 57.1 Å². The van der Waals surface area contributed by atoms with E-state index < -0.39 is 59.4 Å². The van der Waals surface area contributed by atoms with Crippen molar-refractivity contribution in [2.45, 2.75) is 43.5 Å². The molecule has 248 valence electrons. The maximum Gasteiger partial charge on any atom is 0.419 e. The number of amides is 2. The molecule has 2 aromatic carbocycles. The number of hydrogen-bond donors (Lipinski definition) is 3. The average molecular weight is 664 g/mol. The highest BCUT2D eigenvalue weighted by atomic mass is 19.4. The second-order valence-corrected chi connectivity index (χ2v) is 11.8. The number of methoxy groups -OCH3 is 1. The number of nitrogens with one attached hydrogen (secondary N) is 1. The highest BCUT2D eigenvalue weighted by Crippen LogP contribution is 2.50. The van der Waals surface area contributed by atoms with Crippen LogP contribution in [0.25, 0.3) is 22.2 Å². The summed E-state index contributed by atoms with van der Waals surface area (Å²) in [5.41, 5.74) is 0.565. The summed E-state index contributed by atoms with van der Waals surface area (Å²) in [5, 5.41) is 18.7. The Morgan fingerprint density at radius 1 is 1.21 bits per heavy atom. The van der Waals surface area contributed by atoms with E-state index in [9.17, 15) is 41.0 Å². The number of fused-ring (bicyclic) bond motifs is 2. The Morgan fingerprint density at radius 2 is 1.94 bits per heavy atom. The summed E-state index contributed by atoms with van der Waals surface area (Å²) in [5.74, 6) is -3.49. The summed E-state index contributed by atoms with van der Waals surface area (Å²) >= 11 is 0. The van der Waals surface area contributed by atoms with Crippen molar-refractivity contribution in [1.82, 2.24) is 20.1 Å². The number of aromatic nitrogens is 3. The van der Waals surface area contributed by atoms with Gasteiger partial charge in [-0.25, -0.2) is 14.1 Å². The molecule has 10 nitrogen and oxygen atoms in total. The van der Waals surface area contributed by atoms with Crippen molar-refractivity contribution in [3.05, 3.63) is 70.8 Å². The van der Waals surface area contributed by atoms with Gasteiger partial charge in [-0.15, -0.1) is 0 Å². The number of primary amides is 1. The van der Waals surface area contributed by atoms with Crippen molar-refractivity contribution >= 4 is 22.7 Å². The number of halogens is 6. The number of ether oxygens (including phenoxy) is 2. The maximum absolute atomic E-state index is 14.2. The number of carbonyl (C=O) groups is 2. The Hall–Kier alpha value is -4.86. The molecule has 0 spiro atoms. The number of hydrogen-bond acceptors (Lipinski definition) is 7. The number of aliphatic hydroxyl groups is 1. The van der Waals surface area contributed by atoms with Gasteiger partial charge in [0.15, 0.2) is 0 Å². The summed E-state index contributed by atoms with van der Waals surface area (Å²) in [4.78, 5) is 30.4. The molecule has 0 bridgehead atoms. The Balaban J connectivity index is 1.41. The summed E-state index contributed by atoms with van der Waals surface area (Å²) in [6.45, 7) is -2.17.